The lowest BCUT2D eigenvalue weighted by Crippen LogP contribution is -2.21. The number of nitrogens with zero attached hydrogens (tertiary/aromatic N) is 3. The molecule has 1 aliphatic rings. The van der Waals surface area contributed by atoms with E-state index < -0.39 is 0 Å². The number of rotatable bonds is 4. The average Bonchev–Trinajstić information content (AvgIpc) is 3.00. The molecule has 1 unspecified atom stereocenters. The van der Waals surface area contributed by atoms with Crippen LogP contribution in [0.15, 0.2) is 36.5 Å². The molecule has 21 heavy (non-hydrogen) atoms. The van der Waals surface area contributed by atoms with Crippen LogP contribution in [0.4, 0.5) is 11.8 Å². The summed E-state index contributed by atoms with van der Waals surface area (Å²) in [6.45, 7) is 4.75. The summed E-state index contributed by atoms with van der Waals surface area (Å²) in [5.74, 6) is 2.01. The molecule has 0 radical (unpaired) electrons. The highest BCUT2D eigenvalue weighted by Crippen LogP contribution is 2.33. The van der Waals surface area contributed by atoms with Gasteiger partial charge in [0.2, 0.25) is 5.95 Å². The summed E-state index contributed by atoms with van der Waals surface area (Å²) in [6.07, 6.45) is 2.80. The van der Waals surface area contributed by atoms with Crippen molar-refractivity contribution in [3.05, 3.63) is 47.1 Å². The monoisotopic (exact) mass is 302 g/mol. The van der Waals surface area contributed by atoms with Crippen molar-refractivity contribution in [2.24, 2.45) is 0 Å². The van der Waals surface area contributed by atoms with Crippen LogP contribution in [0.25, 0.3) is 0 Å². The highest BCUT2D eigenvalue weighted by Gasteiger charge is 2.26. The summed E-state index contributed by atoms with van der Waals surface area (Å²) in [5, 5.41) is 3.75. The molecule has 1 fully saturated rings. The quantitative estimate of drug-likeness (QED) is 0.937. The zero-order valence-corrected chi connectivity index (χ0v) is 12.8. The number of nitrogens with one attached hydrogen (secondary N) is 1. The Morgan fingerprint density at radius 1 is 1.33 bits per heavy atom. The summed E-state index contributed by atoms with van der Waals surface area (Å²) in [6, 6.07) is 10.6. The third-order valence-corrected chi connectivity index (χ3v) is 4.09. The molecule has 0 spiro atoms. The lowest BCUT2D eigenvalue weighted by Gasteiger charge is -2.19. The molecule has 0 aliphatic carbocycles. The van der Waals surface area contributed by atoms with Gasteiger partial charge >= 0.3 is 0 Å². The van der Waals surface area contributed by atoms with Gasteiger partial charge in [0.05, 0.1) is 6.20 Å². The molecule has 0 bridgehead atoms. The van der Waals surface area contributed by atoms with E-state index in [0.29, 0.717) is 16.9 Å². The number of hydrogen-bond donors (Lipinski definition) is 1. The van der Waals surface area contributed by atoms with Gasteiger partial charge in [-0.25, -0.2) is 4.98 Å². The SMILES string of the molecule is CCNc1ncc(Cl)c(N2CCC(c3ccccc3)C2)n1. The van der Waals surface area contributed by atoms with Crippen molar-refractivity contribution in [1.82, 2.24) is 9.97 Å². The molecule has 1 saturated heterocycles. The van der Waals surface area contributed by atoms with E-state index in [1.807, 2.05) is 6.92 Å². The van der Waals surface area contributed by atoms with E-state index in [0.717, 1.165) is 31.9 Å². The van der Waals surface area contributed by atoms with E-state index in [1.165, 1.54) is 5.56 Å². The second-order valence-electron chi connectivity index (χ2n) is 5.24. The molecule has 0 saturated carbocycles. The second-order valence-corrected chi connectivity index (χ2v) is 5.64. The molecule has 1 aliphatic heterocycles. The molecule has 3 rings (SSSR count). The Bertz CT molecular complexity index is 602. The van der Waals surface area contributed by atoms with E-state index in [4.69, 9.17) is 11.6 Å². The molecule has 4 nitrogen and oxygen atoms in total. The fourth-order valence-electron chi connectivity index (χ4n) is 2.77. The molecule has 1 N–H and O–H groups in total. The van der Waals surface area contributed by atoms with Crippen molar-refractivity contribution in [2.45, 2.75) is 19.3 Å². The molecule has 1 aromatic carbocycles. The van der Waals surface area contributed by atoms with Gasteiger partial charge in [-0.3, -0.25) is 0 Å². The maximum atomic E-state index is 6.28. The van der Waals surface area contributed by atoms with E-state index in [-0.39, 0.29) is 0 Å². The van der Waals surface area contributed by atoms with Crippen LogP contribution >= 0.6 is 11.6 Å². The zero-order chi connectivity index (χ0) is 14.7. The molecular formula is C16H19ClN4. The number of anilines is 2. The van der Waals surface area contributed by atoms with Gasteiger partial charge in [-0.15, -0.1) is 0 Å². The molecular weight excluding hydrogens is 284 g/mol. The maximum Gasteiger partial charge on any atom is 0.224 e. The summed E-state index contributed by atoms with van der Waals surface area (Å²) in [7, 11) is 0. The smallest absolute Gasteiger partial charge is 0.224 e. The normalized spacial score (nSPS) is 18.0. The largest absolute Gasteiger partial charge is 0.355 e. The standard InChI is InChI=1S/C16H19ClN4/c1-2-18-16-19-10-14(17)15(20-16)21-9-8-13(11-21)12-6-4-3-5-7-12/h3-7,10,13H,2,8-9,11H2,1H3,(H,18,19,20). The van der Waals surface area contributed by atoms with Crippen LogP contribution in [0, 0.1) is 0 Å². The fourth-order valence-corrected chi connectivity index (χ4v) is 2.98. The van der Waals surface area contributed by atoms with Crippen molar-refractivity contribution in [2.75, 3.05) is 29.9 Å². The fraction of sp³-hybridized carbons (Fsp3) is 0.375. The minimum Gasteiger partial charge on any atom is -0.355 e. The van der Waals surface area contributed by atoms with E-state index in [9.17, 15) is 0 Å². The van der Waals surface area contributed by atoms with Crippen molar-refractivity contribution in [1.29, 1.82) is 0 Å². The molecule has 2 heterocycles. The second kappa shape index (κ2) is 6.31. The molecule has 110 valence electrons. The topological polar surface area (TPSA) is 41.1 Å². The predicted molar refractivity (Wildman–Crippen MR) is 87.2 cm³/mol. The van der Waals surface area contributed by atoms with Crippen LogP contribution in [0.1, 0.15) is 24.8 Å². The molecule has 1 aromatic heterocycles. The Kier molecular flexibility index (Phi) is 4.25. The summed E-state index contributed by atoms with van der Waals surface area (Å²) in [4.78, 5) is 11.0. The molecule has 2 aromatic rings. The molecule has 0 amide bonds. The van der Waals surface area contributed by atoms with Gasteiger partial charge in [0.1, 0.15) is 5.02 Å². The number of halogens is 1. The van der Waals surface area contributed by atoms with Gasteiger partial charge in [0.25, 0.3) is 0 Å². The lowest BCUT2D eigenvalue weighted by molar-refractivity contribution is 0.774. The number of benzene rings is 1. The zero-order valence-electron chi connectivity index (χ0n) is 12.1. The first kappa shape index (κ1) is 14.1. The Labute approximate surface area is 130 Å². The number of hydrogen-bond acceptors (Lipinski definition) is 4. The summed E-state index contributed by atoms with van der Waals surface area (Å²) < 4.78 is 0. The Morgan fingerprint density at radius 2 is 2.14 bits per heavy atom. The van der Waals surface area contributed by atoms with Crippen LogP contribution in [0.3, 0.4) is 0 Å². The summed E-state index contributed by atoms with van der Waals surface area (Å²) >= 11 is 6.28. The minimum atomic E-state index is 0.541. The first-order valence-corrected chi connectivity index (χ1v) is 7.72. The molecule has 5 heteroatoms. The van der Waals surface area contributed by atoms with Gasteiger partial charge in [-0.1, -0.05) is 41.9 Å². The van der Waals surface area contributed by atoms with Gasteiger partial charge in [0.15, 0.2) is 5.82 Å². The Hall–Kier alpha value is -1.81. The average molecular weight is 303 g/mol. The third kappa shape index (κ3) is 3.10. The third-order valence-electron chi connectivity index (χ3n) is 3.82. The van der Waals surface area contributed by atoms with Gasteiger partial charge in [-0.05, 0) is 18.9 Å². The van der Waals surface area contributed by atoms with Crippen LogP contribution in [-0.4, -0.2) is 29.6 Å². The van der Waals surface area contributed by atoms with Gasteiger partial charge < -0.3 is 10.2 Å². The summed E-state index contributed by atoms with van der Waals surface area (Å²) in [5.41, 5.74) is 1.39. The van der Waals surface area contributed by atoms with Gasteiger partial charge in [0, 0.05) is 25.6 Å². The number of aromatic nitrogens is 2. The highest BCUT2D eigenvalue weighted by molar-refractivity contribution is 6.32. The Balaban J connectivity index is 1.78. The van der Waals surface area contributed by atoms with Crippen molar-refractivity contribution >= 4 is 23.4 Å². The van der Waals surface area contributed by atoms with Crippen LogP contribution < -0.4 is 10.2 Å². The Morgan fingerprint density at radius 3 is 2.90 bits per heavy atom. The van der Waals surface area contributed by atoms with E-state index in [1.54, 1.807) is 6.20 Å². The predicted octanol–water partition coefficient (Wildman–Crippen LogP) is 3.56. The maximum absolute atomic E-state index is 6.28. The van der Waals surface area contributed by atoms with Crippen LogP contribution in [0.2, 0.25) is 5.02 Å². The minimum absolute atomic E-state index is 0.541. The lowest BCUT2D eigenvalue weighted by atomic mass is 9.99. The van der Waals surface area contributed by atoms with Crippen molar-refractivity contribution in [3.63, 3.8) is 0 Å². The van der Waals surface area contributed by atoms with Gasteiger partial charge in [-0.2, -0.15) is 4.98 Å². The molecule has 1 atom stereocenters. The first-order valence-electron chi connectivity index (χ1n) is 7.34. The van der Waals surface area contributed by atoms with Crippen molar-refractivity contribution < 1.29 is 0 Å². The van der Waals surface area contributed by atoms with Crippen LogP contribution in [0.5, 0.6) is 0 Å². The van der Waals surface area contributed by atoms with E-state index >= 15 is 0 Å². The van der Waals surface area contributed by atoms with Crippen molar-refractivity contribution in [3.8, 4) is 0 Å². The highest BCUT2D eigenvalue weighted by atomic mass is 35.5. The first-order chi connectivity index (χ1) is 10.3. The van der Waals surface area contributed by atoms with Crippen LogP contribution in [-0.2, 0) is 0 Å². The van der Waals surface area contributed by atoms with E-state index in [2.05, 4.69) is 50.5 Å².